The fourth-order valence-electron chi connectivity index (χ4n) is 1.32. The molecule has 1 amide bonds. The van der Waals surface area contributed by atoms with E-state index in [0.29, 0.717) is 6.54 Å². The van der Waals surface area contributed by atoms with Gasteiger partial charge in [-0.15, -0.1) is 11.3 Å². The van der Waals surface area contributed by atoms with Crippen molar-refractivity contribution in [1.82, 2.24) is 10.3 Å². The van der Waals surface area contributed by atoms with E-state index in [0.717, 1.165) is 15.0 Å². The zero-order chi connectivity index (χ0) is 12.8. The largest absolute Gasteiger partial charge is 0.348 e. The fourth-order valence-corrected chi connectivity index (χ4v) is 2.71. The number of hydrogen-bond acceptors (Lipinski definition) is 3. The number of rotatable bonds is 4. The van der Waals surface area contributed by atoms with E-state index < -0.39 is 0 Å². The Balaban J connectivity index is 1.84. The first-order valence-electron chi connectivity index (χ1n) is 5.34. The van der Waals surface area contributed by atoms with Crippen molar-refractivity contribution in [2.24, 2.45) is 0 Å². The number of hydrogen-bond donors (Lipinski definition) is 1. The zero-order valence-electron chi connectivity index (χ0n) is 9.47. The van der Waals surface area contributed by atoms with Crippen molar-refractivity contribution in [1.29, 1.82) is 0 Å². The van der Waals surface area contributed by atoms with Crippen molar-refractivity contribution in [2.45, 2.75) is 6.54 Å². The second-order valence-electron chi connectivity index (χ2n) is 3.54. The first-order chi connectivity index (χ1) is 8.74. The lowest BCUT2D eigenvalue weighted by Gasteiger charge is -1.98. The summed E-state index contributed by atoms with van der Waals surface area (Å²) < 4.78 is 1.04. The van der Waals surface area contributed by atoms with Crippen LogP contribution in [-0.2, 0) is 11.3 Å². The van der Waals surface area contributed by atoms with Gasteiger partial charge in [0, 0.05) is 27.0 Å². The summed E-state index contributed by atoms with van der Waals surface area (Å²) in [5.41, 5.74) is 0.770. The highest BCUT2D eigenvalue weighted by molar-refractivity contribution is 9.10. The van der Waals surface area contributed by atoms with E-state index in [1.54, 1.807) is 23.6 Å². The summed E-state index contributed by atoms with van der Waals surface area (Å²) in [4.78, 5) is 16.8. The van der Waals surface area contributed by atoms with Gasteiger partial charge < -0.3 is 5.32 Å². The molecule has 0 atom stereocenters. The summed E-state index contributed by atoms with van der Waals surface area (Å²) in [7, 11) is 0. The molecule has 0 aliphatic rings. The highest BCUT2D eigenvalue weighted by Crippen LogP contribution is 2.19. The molecule has 2 rings (SSSR count). The SMILES string of the molecule is O=C(/C=C/c1ccccn1)NCc1cc(Br)cs1. The van der Waals surface area contributed by atoms with Crippen LogP contribution >= 0.6 is 27.3 Å². The summed E-state index contributed by atoms with van der Waals surface area (Å²) in [6, 6.07) is 7.56. The van der Waals surface area contributed by atoms with Crippen molar-refractivity contribution >= 4 is 39.2 Å². The van der Waals surface area contributed by atoms with Gasteiger partial charge in [-0.05, 0) is 40.2 Å². The third kappa shape index (κ3) is 4.09. The molecule has 2 aromatic rings. The van der Waals surface area contributed by atoms with E-state index in [1.165, 1.54) is 6.08 Å². The van der Waals surface area contributed by atoms with E-state index >= 15 is 0 Å². The lowest BCUT2D eigenvalue weighted by atomic mass is 10.3. The molecule has 0 spiro atoms. The van der Waals surface area contributed by atoms with Crippen LogP contribution in [0, 0.1) is 0 Å². The van der Waals surface area contributed by atoms with Crippen molar-refractivity contribution in [2.75, 3.05) is 0 Å². The van der Waals surface area contributed by atoms with Gasteiger partial charge in [-0.1, -0.05) is 6.07 Å². The number of nitrogens with zero attached hydrogens (tertiary/aromatic N) is 1. The third-order valence-electron chi connectivity index (χ3n) is 2.15. The van der Waals surface area contributed by atoms with Gasteiger partial charge >= 0.3 is 0 Å². The van der Waals surface area contributed by atoms with Gasteiger partial charge in [-0.3, -0.25) is 9.78 Å². The van der Waals surface area contributed by atoms with E-state index in [4.69, 9.17) is 0 Å². The van der Waals surface area contributed by atoms with Gasteiger partial charge in [0.05, 0.1) is 12.2 Å². The minimum absolute atomic E-state index is 0.120. The molecular weight excluding hydrogens is 312 g/mol. The number of pyridine rings is 1. The minimum atomic E-state index is -0.120. The molecule has 0 radical (unpaired) electrons. The van der Waals surface area contributed by atoms with Gasteiger partial charge in [0.15, 0.2) is 0 Å². The number of carbonyl (C=O) groups excluding carboxylic acids is 1. The molecular formula is C13H11BrN2OS. The number of aromatic nitrogens is 1. The molecule has 0 fully saturated rings. The maximum Gasteiger partial charge on any atom is 0.244 e. The zero-order valence-corrected chi connectivity index (χ0v) is 11.9. The van der Waals surface area contributed by atoms with Crippen molar-refractivity contribution in [3.8, 4) is 0 Å². The smallest absolute Gasteiger partial charge is 0.244 e. The molecule has 0 aliphatic heterocycles. The molecule has 0 bridgehead atoms. The molecule has 92 valence electrons. The van der Waals surface area contributed by atoms with E-state index in [-0.39, 0.29) is 5.91 Å². The van der Waals surface area contributed by atoms with Crippen LogP contribution < -0.4 is 5.32 Å². The average molecular weight is 323 g/mol. The predicted octanol–water partition coefficient (Wildman–Crippen LogP) is 3.24. The summed E-state index contributed by atoms with van der Waals surface area (Å²) in [6.07, 6.45) is 4.88. The number of thiophene rings is 1. The van der Waals surface area contributed by atoms with Crippen LogP contribution in [0.15, 0.2) is 46.4 Å². The van der Waals surface area contributed by atoms with E-state index in [9.17, 15) is 4.79 Å². The van der Waals surface area contributed by atoms with Crippen molar-refractivity contribution in [3.63, 3.8) is 0 Å². The third-order valence-corrected chi connectivity index (χ3v) is 3.85. The van der Waals surface area contributed by atoms with Crippen LogP contribution in [0.3, 0.4) is 0 Å². The first kappa shape index (κ1) is 13.0. The monoisotopic (exact) mass is 322 g/mol. The standard InChI is InChI=1S/C13H11BrN2OS/c14-10-7-12(18-9-10)8-16-13(17)5-4-11-3-1-2-6-15-11/h1-7,9H,8H2,(H,16,17)/b5-4+. The highest BCUT2D eigenvalue weighted by atomic mass is 79.9. The summed E-state index contributed by atoms with van der Waals surface area (Å²) in [6.45, 7) is 0.543. The Morgan fingerprint density at radius 1 is 1.50 bits per heavy atom. The maximum absolute atomic E-state index is 11.6. The van der Waals surface area contributed by atoms with Crippen LogP contribution in [-0.4, -0.2) is 10.9 Å². The molecule has 3 nitrogen and oxygen atoms in total. The van der Waals surface area contributed by atoms with Gasteiger partial charge in [0.1, 0.15) is 0 Å². The molecule has 0 saturated heterocycles. The molecule has 2 aromatic heterocycles. The number of halogens is 1. The molecule has 5 heteroatoms. The lowest BCUT2D eigenvalue weighted by molar-refractivity contribution is -0.116. The van der Waals surface area contributed by atoms with E-state index in [1.807, 2.05) is 29.6 Å². The summed E-state index contributed by atoms with van der Waals surface area (Å²) in [5.74, 6) is -0.120. The van der Waals surface area contributed by atoms with Gasteiger partial charge in [0.25, 0.3) is 0 Å². The Kier molecular flexibility index (Phi) is 4.66. The predicted molar refractivity (Wildman–Crippen MR) is 77.1 cm³/mol. The molecule has 0 saturated carbocycles. The molecule has 2 heterocycles. The van der Waals surface area contributed by atoms with Gasteiger partial charge in [-0.2, -0.15) is 0 Å². The highest BCUT2D eigenvalue weighted by Gasteiger charge is 1.99. The second kappa shape index (κ2) is 6.47. The molecule has 18 heavy (non-hydrogen) atoms. The Hall–Kier alpha value is -1.46. The van der Waals surface area contributed by atoms with E-state index in [2.05, 4.69) is 26.2 Å². The summed E-state index contributed by atoms with van der Waals surface area (Å²) >= 11 is 4.98. The Morgan fingerprint density at radius 2 is 2.39 bits per heavy atom. The number of amides is 1. The lowest BCUT2D eigenvalue weighted by Crippen LogP contribution is -2.19. The molecule has 0 aromatic carbocycles. The van der Waals surface area contributed by atoms with Crippen LogP contribution in [0.25, 0.3) is 6.08 Å². The molecule has 0 unspecified atom stereocenters. The minimum Gasteiger partial charge on any atom is -0.348 e. The van der Waals surface area contributed by atoms with Crippen LogP contribution in [0.4, 0.5) is 0 Å². The summed E-state index contributed by atoms with van der Waals surface area (Å²) in [5, 5.41) is 4.81. The molecule has 0 aliphatic carbocycles. The Labute approximate surface area is 118 Å². The topological polar surface area (TPSA) is 42.0 Å². The number of nitrogens with one attached hydrogen (secondary N) is 1. The van der Waals surface area contributed by atoms with Crippen molar-refractivity contribution in [3.05, 3.63) is 57.0 Å². The number of carbonyl (C=O) groups is 1. The van der Waals surface area contributed by atoms with Gasteiger partial charge in [-0.25, -0.2) is 0 Å². The average Bonchev–Trinajstić information content (AvgIpc) is 2.81. The van der Waals surface area contributed by atoms with Crippen LogP contribution in [0.2, 0.25) is 0 Å². The molecule has 1 N–H and O–H groups in total. The second-order valence-corrected chi connectivity index (χ2v) is 5.45. The Bertz CT molecular complexity index is 551. The van der Waals surface area contributed by atoms with Crippen molar-refractivity contribution < 1.29 is 4.79 Å². The normalized spacial score (nSPS) is 10.7. The first-order valence-corrected chi connectivity index (χ1v) is 7.01. The Morgan fingerprint density at radius 3 is 3.06 bits per heavy atom. The van der Waals surface area contributed by atoms with Gasteiger partial charge in [0.2, 0.25) is 5.91 Å². The van der Waals surface area contributed by atoms with Crippen LogP contribution in [0.5, 0.6) is 0 Å². The quantitative estimate of drug-likeness (QED) is 0.878. The maximum atomic E-state index is 11.6. The van der Waals surface area contributed by atoms with Crippen LogP contribution in [0.1, 0.15) is 10.6 Å². The fraction of sp³-hybridized carbons (Fsp3) is 0.0769.